The molecule has 0 saturated heterocycles. The van der Waals surface area contributed by atoms with Crippen LogP contribution in [-0.4, -0.2) is 9.13 Å². The van der Waals surface area contributed by atoms with Crippen LogP contribution in [0.4, 0.5) is 0 Å². The molecular formula is C15H15N3O3. The molecule has 0 saturated carbocycles. The summed E-state index contributed by atoms with van der Waals surface area (Å²) in [6.45, 7) is 2.01. The standard InChI is InChI=1S/C15H15N3O3/c1-4-10-6-5-7-11(8-10)21-14-12(9-16)13(19)17(2)15(20)18(14)3/h5-8H,4H2,1-3H3. The highest BCUT2D eigenvalue weighted by atomic mass is 16.5. The number of hydrogen-bond acceptors (Lipinski definition) is 4. The molecule has 0 aliphatic heterocycles. The molecule has 1 heterocycles. The molecule has 21 heavy (non-hydrogen) atoms. The first kappa shape index (κ1) is 14.6. The number of benzene rings is 1. The molecule has 0 fully saturated rings. The summed E-state index contributed by atoms with van der Waals surface area (Å²) in [5.41, 5.74) is -0.343. The average Bonchev–Trinajstić information content (AvgIpc) is 2.51. The Morgan fingerprint density at radius 1 is 1.24 bits per heavy atom. The lowest BCUT2D eigenvalue weighted by Gasteiger charge is -2.13. The van der Waals surface area contributed by atoms with Crippen LogP contribution in [0.3, 0.4) is 0 Å². The Balaban J connectivity index is 2.62. The minimum atomic E-state index is -0.665. The Morgan fingerprint density at radius 2 is 1.95 bits per heavy atom. The van der Waals surface area contributed by atoms with Crippen molar-refractivity contribution < 1.29 is 4.74 Å². The highest BCUT2D eigenvalue weighted by Gasteiger charge is 2.17. The van der Waals surface area contributed by atoms with E-state index in [0.717, 1.165) is 21.1 Å². The Bertz CT molecular complexity index is 841. The number of rotatable bonds is 3. The van der Waals surface area contributed by atoms with Crippen LogP contribution in [0.25, 0.3) is 0 Å². The van der Waals surface area contributed by atoms with E-state index in [1.165, 1.54) is 14.1 Å². The van der Waals surface area contributed by atoms with E-state index in [1.54, 1.807) is 12.1 Å². The van der Waals surface area contributed by atoms with Crippen molar-refractivity contribution in [2.75, 3.05) is 0 Å². The Kier molecular flexibility index (Phi) is 3.94. The first-order valence-corrected chi connectivity index (χ1v) is 6.46. The van der Waals surface area contributed by atoms with E-state index in [2.05, 4.69) is 0 Å². The molecule has 108 valence electrons. The van der Waals surface area contributed by atoms with Gasteiger partial charge in [0.2, 0.25) is 5.88 Å². The minimum Gasteiger partial charge on any atom is -0.439 e. The molecule has 0 atom stereocenters. The zero-order valence-corrected chi connectivity index (χ0v) is 12.1. The summed E-state index contributed by atoms with van der Waals surface area (Å²) in [6.07, 6.45) is 0.831. The van der Waals surface area contributed by atoms with Crippen LogP contribution >= 0.6 is 0 Å². The molecule has 0 amide bonds. The Labute approximate surface area is 121 Å². The van der Waals surface area contributed by atoms with Crippen LogP contribution < -0.4 is 16.0 Å². The van der Waals surface area contributed by atoms with Gasteiger partial charge in [-0.2, -0.15) is 5.26 Å². The van der Waals surface area contributed by atoms with Crippen molar-refractivity contribution in [2.45, 2.75) is 13.3 Å². The second-order valence-electron chi connectivity index (χ2n) is 4.60. The highest BCUT2D eigenvalue weighted by molar-refractivity contribution is 5.40. The zero-order valence-electron chi connectivity index (χ0n) is 12.1. The highest BCUT2D eigenvalue weighted by Crippen LogP contribution is 2.22. The van der Waals surface area contributed by atoms with Crippen LogP contribution in [0.2, 0.25) is 0 Å². The van der Waals surface area contributed by atoms with Crippen molar-refractivity contribution in [1.82, 2.24) is 9.13 Å². The third-order valence-electron chi connectivity index (χ3n) is 3.24. The average molecular weight is 285 g/mol. The summed E-state index contributed by atoms with van der Waals surface area (Å²) < 4.78 is 7.65. The summed E-state index contributed by atoms with van der Waals surface area (Å²) in [6, 6.07) is 9.09. The molecule has 0 unspecified atom stereocenters. The first-order chi connectivity index (χ1) is 9.99. The van der Waals surface area contributed by atoms with Gasteiger partial charge in [0.15, 0.2) is 5.56 Å². The monoisotopic (exact) mass is 285 g/mol. The Hall–Kier alpha value is -2.81. The number of hydrogen-bond donors (Lipinski definition) is 0. The first-order valence-electron chi connectivity index (χ1n) is 6.46. The van der Waals surface area contributed by atoms with Crippen LogP contribution in [0, 0.1) is 11.3 Å². The fourth-order valence-corrected chi connectivity index (χ4v) is 1.98. The SMILES string of the molecule is CCc1cccc(Oc2c(C#N)c(=O)n(C)c(=O)n2C)c1. The second-order valence-corrected chi connectivity index (χ2v) is 4.60. The number of nitrogens with zero attached hydrogens (tertiary/aromatic N) is 3. The topological polar surface area (TPSA) is 77.0 Å². The van der Waals surface area contributed by atoms with Gasteiger partial charge in [-0.15, -0.1) is 0 Å². The maximum atomic E-state index is 12.0. The fourth-order valence-electron chi connectivity index (χ4n) is 1.98. The number of aryl methyl sites for hydroxylation is 1. The van der Waals surface area contributed by atoms with Crippen molar-refractivity contribution in [2.24, 2.45) is 14.1 Å². The predicted octanol–water partition coefficient (Wildman–Crippen LogP) is 1.31. The molecule has 0 N–H and O–H groups in total. The lowest BCUT2D eigenvalue weighted by molar-refractivity contribution is 0.421. The molecule has 6 heteroatoms. The second kappa shape index (κ2) is 5.67. The maximum Gasteiger partial charge on any atom is 0.333 e. The van der Waals surface area contributed by atoms with Crippen LogP contribution in [-0.2, 0) is 20.5 Å². The van der Waals surface area contributed by atoms with Crippen molar-refractivity contribution in [3.63, 3.8) is 0 Å². The normalized spacial score (nSPS) is 10.2. The number of nitriles is 1. The van der Waals surface area contributed by atoms with Crippen molar-refractivity contribution in [3.05, 3.63) is 56.2 Å². The molecule has 6 nitrogen and oxygen atoms in total. The van der Waals surface area contributed by atoms with Crippen molar-refractivity contribution >= 4 is 0 Å². The van der Waals surface area contributed by atoms with E-state index in [-0.39, 0.29) is 11.4 Å². The van der Waals surface area contributed by atoms with Gasteiger partial charge >= 0.3 is 5.69 Å². The van der Waals surface area contributed by atoms with Gasteiger partial charge in [-0.25, -0.2) is 4.79 Å². The predicted molar refractivity (Wildman–Crippen MR) is 77.5 cm³/mol. The molecule has 1 aromatic heterocycles. The smallest absolute Gasteiger partial charge is 0.333 e. The van der Waals surface area contributed by atoms with Gasteiger partial charge in [-0.1, -0.05) is 19.1 Å². The molecule has 0 aliphatic carbocycles. The quantitative estimate of drug-likeness (QED) is 0.852. The summed E-state index contributed by atoms with van der Waals surface area (Å²) in [5, 5.41) is 9.16. The molecule has 0 bridgehead atoms. The van der Waals surface area contributed by atoms with Crippen molar-refractivity contribution in [3.8, 4) is 17.7 Å². The Morgan fingerprint density at radius 3 is 2.57 bits per heavy atom. The van der Waals surface area contributed by atoms with Gasteiger partial charge in [-0.3, -0.25) is 13.9 Å². The lowest BCUT2D eigenvalue weighted by atomic mass is 10.2. The zero-order chi connectivity index (χ0) is 15.6. The molecule has 0 aliphatic rings. The molecule has 0 spiro atoms. The lowest BCUT2D eigenvalue weighted by Crippen LogP contribution is -2.38. The van der Waals surface area contributed by atoms with Crippen LogP contribution in [0.15, 0.2) is 33.9 Å². The van der Waals surface area contributed by atoms with E-state index in [9.17, 15) is 9.59 Å². The summed E-state index contributed by atoms with van der Waals surface area (Å²) in [7, 11) is 2.79. The van der Waals surface area contributed by atoms with Gasteiger partial charge in [-0.05, 0) is 24.1 Å². The summed E-state index contributed by atoms with van der Waals surface area (Å²) in [4.78, 5) is 23.9. The minimum absolute atomic E-state index is 0.0427. The molecule has 1 aromatic carbocycles. The van der Waals surface area contributed by atoms with Gasteiger partial charge in [0.1, 0.15) is 11.8 Å². The van der Waals surface area contributed by atoms with E-state index in [0.29, 0.717) is 5.75 Å². The third-order valence-corrected chi connectivity index (χ3v) is 3.24. The number of aromatic nitrogens is 2. The maximum absolute atomic E-state index is 12.0. The summed E-state index contributed by atoms with van der Waals surface area (Å²) in [5.74, 6) is 0.438. The fraction of sp³-hybridized carbons (Fsp3) is 0.267. The third kappa shape index (κ3) is 2.58. The van der Waals surface area contributed by atoms with Crippen molar-refractivity contribution in [1.29, 1.82) is 5.26 Å². The molecule has 2 aromatic rings. The summed E-state index contributed by atoms with van der Waals surface area (Å²) >= 11 is 0. The number of ether oxygens (including phenoxy) is 1. The molecule has 2 rings (SSSR count). The van der Waals surface area contributed by atoms with E-state index in [4.69, 9.17) is 10.00 Å². The van der Waals surface area contributed by atoms with E-state index >= 15 is 0 Å². The molecular weight excluding hydrogens is 270 g/mol. The van der Waals surface area contributed by atoms with Gasteiger partial charge in [0.05, 0.1) is 0 Å². The van der Waals surface area contributed by atoms with E-state index < -0.39 is 11.2 Å². The molecule has 0 radical (unpaired) electrons. The van der Waals surface area contributed by atoms with Crippen LogP contribution in [0.5, 0.6) is 11.6 Å². The van der Waals surface area contributed by atoms with Gasteiger partial charge in [0, 0.05) is 14.1 Å². The van der Waals surface area contributed by atoms with Gasteiger partial charge < -0.3 is 4.74 Å². The largest absolute Gasteiger partial charge is 0.439 e. The van der Waals surface area contributed by atoms with Gasteiger partial charge in [0.25, 0.3) is 5.56 Å². The van der Waals surface area contributed by atoms with Crippen LogP contribution in [0.1, 0.15) is 18.1 Å². The van der Waals surface area contributed by atoms with E-state index in [1.807, 2.05) is 25.1 Å².